The Balaban J connectivity index is 1.77. The Hall–Kier alpha value is -1.19. The summed E-state index contributed by atoms with van der Waals surface area (Å²) in [5.74, 6) is 0. The van der Waals surface area contributed by atoms with E-state index in [9.17, 15) is 0 Å². The van der Waals surface area contributed by atoms with Gasteiger partial charge in [-0.1, -0.05) is 34.1 Å². The molecule has 18 heavy (non-hydrogen) atoms. The van der Waals surface area contributed by atoms with E-state index in [0.29, 0.717) is 0 Å². The highest BCUT2D eigenvalue weighted by molar-refractivity contribution is 9.10. The van der Waals surface area contributed by atoms with Crippen LogP contribution in [0.2, 0.25) is 0 Å². The standard InChI is InChI=1S/C15H17BrN2/c1-12-4-5-14(9-15(12)16)11-18-8-6-13-3-2-7-17-10-13/h2-5,7,9-10,18H,6,8,11H2,1H3. The summed E-state index contributed by atoms with van der Waals surface area (Å²) in [6, 6.07) is 10.6. The van der Waals surface area contributed by atoms with Gasteiger partial charge in [0.05, 0.1) is 0 Å². The summed E-state index contributed by atoms with van der Waals surface area (Å²) in [5, 5.41) is 3.45. The Kier molecular flexibility index (Phi) is 4.90. The van der Waals surface area contributed by atoms with Crippen LogP contribution in [0.15, 0.2) is 47.2 Å². The largest absolute Gasteiger partial charge is 0.312 e. The smallest absolute Gasteiger partial charge is 0.0300 e. The number of aromatic nitrogens is 1. The van der Waals surface area contributed by atoms with Crippen LogP contribution in [0.3, 0.4) is 0 Å². The predicted octanol–water partition coefficient (Wildman–Crippen LogP) is 3.48. The second-order valence-corrected chi connectivity index (χ2v) is 5.23. The molecule has 94 valence electrons. The van der Waals surface area contributed by atoms with Gasteiger partial charge in [-0.05, 0) is 48.7 Å². The Morgan fingerprint density at radius 1 is 1.22 bits per heavy atom. The van der Waals surface area contributed by atoms with E-state index in [2.05, 4.69) is 57.4 Å². The molecular weight excluding hydrogens is 288 g/mol. The summed E-state index contributed by atoms with van der Waals surface area (Å²) in [6.45, 7) is 3.97. The average molecular weight is 305 g/mol. The van der Waals surface area contributed by atoms with Crippen molar-refractivity contribution < 1.29 is 0 Å². The lowest BCUT2D eigenvalue weighted by Gasteiger charge is -2.06. The number of hydrogen-bond acceptors (Lipinski definition) is 2. The number of nitrogens with one attached hydrogen (secondary N) is 1. The second kappa shape index (κ2) is 6.66. The maximum atomic E-state index is 4.11. The van der Waals surface area contributed by atoms with Crippen LogP contribution in [0.4, 0.5) is 0 Å². The lowest BCUT2D eigenvalue weighted by Crippen LogP contribution is -2.16. The molecule has 1 heterocycles. The molecule has 1 aromatic heterocycles. The first-order chi connectivity index (χ1) is 8.75. The molecule has 2 aromatic rings. The van der Waals surface area contributed by atoms with Gasteiger partial charge in [0.25, 0.3) is 0 Å². The van der Waals surface area contributed by atoms with Crippen molar-refractivity contribution in [3.05, 3.63) is 63.9 Å². The van der Waals surface area contributed by atoms with Crippen LogP contribution in [-0.4, -0.2) is 11.5 Å². The molecule has 0 aliphatic carbocycles. The number of rotatable bonds is 5. The molecule has 0 fully saturated rings. The fourth-order valence-corrected chi connectivity index (χ4v) is 2.18. The highest BCUT2D eigenvalue weighted by Crippen LogP contribution is 2.17. The lowest BCUT2D eigenvalue weighted by molar-refractivity contribution is 0.685. The quantitative estimate of drug-likeness (QED) is 0.855. The molecule has 1 aromatic carbocycles. The van der Waals surface area contributed by atoms with Gasteiger partial charge in [-0.3, -0.25) is 4.98 Å². The Morgan fingerprint density at radius 2 is 2.11 bits per heavy atom. The maximum absolute atomic E-state index is 4.11. The van der Waals surface area contributed by atoms with Gasteiger partial charge in [0.15, 0.2) is 0 Å². The van der Waals surface area contributed by atoms with Crippen molar-refractivity contribution in [1.82, 2.24) is 10.3 Å². The molecule has 0 atom stereocenters. The van der Waals surface area contributed by atoms with E-state index in [1.54, 1.807) is 6.20 Å². The molecule has 0 bridgehead atoms. The van der Waals surface area contributed by atoms with Gasteiger partial charge < -0.3 is 5.32 Å². The zero-order valence-corrected chi connectivity index (χ0v) is 12.1. The van der Waals surface area contributed by atoms with Crippen LogP contribution < -0.4 is 5.32 Å². The van der Waals surface area contributed by atoms with Gasteiger partial charge in [0.2, 0.25) is 0 Å². The molecule has 2 nitrogen and oxygen atoms in total. The van der Waals surface area contributed by atoms with Crippen LogP contribution >= 0.6 is 15.9 Å². The van der Waals surface area contributed by atoms with Gasteiger partial charge >= 0.3 is 0 Å². The van der Waals surface area contributed by atoms with Crippen LogP contribution in [0.5, 0.6) is 0 Å². The van der Waals surface area contributed by atoms with Crippen LogP contribution in [0.25, 0.3) is 0 Å². The van der Waals surface area contributed by atoms with Crippen molar-refractivity contribution in [1.29, 1.82) is 0 Å². The van der Waals surface area contributed by atoms with Gasteiger partial charge in [-0.2, -0.15) is 0 Å². The van der Waals surface area contributed by atoms with Crippen LogP contribution in [-0.2, 0) is 13.0 Å². The minimum atomic E-state index is 0.902. The zero-order valence-electron chi connectivity index (χ0n) is 10.5. The second-order valence-electron chi connectivity index (χ2n) is 4.37. The van der Waals surface area contributed by atoms with Gasteiger partial charge in [0.1, 0.15) is 0 Å². The van der Waals surface area contributed by atoms with E-state index >= 15 is 0 Å². The van der Waals surface area contributed by atoms with E-state index in [1.165, 1.54) is 21.2 Å². The summed E-state index contributed by atoms with van der Waals surface area (Å²) in [7, 11) is 0. The SMILES string of the molecule is Cc1ccc(CNCCc2cccnc2)cc1Br. The number of aryl methyl sites for hydroxylation is 1. The van der Waals surface area contributed by atoms with Crippen molar-refractivity contribution in [2.24, 2.45) is 0 Å². The first-order valence-corrected chi connectivity index (χ1v) is 6.89. The number of benzene rings is 1. The summed E-state index contributed by atoms with van der Waals surface area (Å²) in [6.07, 6.45) is 4.74. The van der Waals surface area contributed by atoms with E-state index in [1.807, 2.05) is 12.3 Å². The van der Waals surface area contributed by atoms with Crippen LogP contribution in [0.1, 0.15) is 16.7 Å². The van der Waals surface area contributed by atoms with Crippen molar-refractivity contribution in [3.63, 3.8) is 0 Å². The summed E-state index contributed by atoms with van der Waals surface area (Å²) < 4.78 is 1.18. The monoisotopic (exact) mass is 304 g/mol. The number of pyridine rings is 1. The average Bonchev–Trinajstić information content (AvgIpc) is 2.40. The molecule has 0 amide bonds. The topological polar surface area (TPSA) is 24.9 Å². The first kappa shape index (κ1) is 13.2. The molecule has 0 radical (unpaired) electrons. The van der Waals surface area contributed by atoms with E-state index in [-0.39, 0.29) is 0 Å². The normalized spacial score (nSPS) is 10.6. The molecule has 0 saturated carbocycles. The minimum absolute atomic E-state index is 0.902. The number of hydrogen-bond donors (Lipinski definition) is 1. The molecule has 0 saturated heterocycles. The minimum Gasteiger partial charge on any atom is -0.312 e. The highest BCUT2D eigenvalue weighted by Gasteiger charge is 1.97. The molecule has 0 unspecified atom stereocenters. The Bertz CT molecular complexity index is 497. The first-order valence-electron chi connectivity index (χ1n) is 6.10. The fourth-order valence-electron chi connectivity index (χ4n) is 1.76. The summed E-state index contributed by atoms with van der Waals surface area (Å²) in [4.78, 5) is 4.11. The molecule has 0 aliphatic rings. The lowest BCUT2D eigenvalue weighted by atomic mass is 10.1. The highest BCUT2D eigenvalue weighted by atomic mass is 79.9. The molecular formula is C15H17BrN2. The molecule has 3 heteroatoms. The molecule has 0 aliphatic heterocycles. The summed E-state index contributed by atoms with van der Waals surface area (Å²) >= 11 is 3.56. The van der Waals surface area contributed by atoms with E-state index in [0.717, 1.165) is 19.5 Å². The maximum Gasteiger partial charge on any atom is 0.0300 e. The molecule has 0 spiro atoms. The third-order valence-electron chi connectivity index (χ3n) is 2.88. The van der Waals surface area contributed by atoms with Crippen molar-refractivity contribution in [2.45, 2.75) is 19.9 Å². The Morgan fingerprint density at radius 3 is 2.83 bits per heavy atom. The molecule has 1 N–H and O–H groups in total. The van der Waals surface area contributed by atoms with Crippen molar-refractivity contribution >= 4 is 15.9 Å². The number of halogens is 1. The van der Waals surface area contributed by atoms with Gasteiger partial charge in [-0.15, -0.1) is 0 Å². The third kappa shape index (κ3) is 3.93. The van der Waals surface area contributed by atoms with Crippen molar-refractivity contribution in [3.8, 4) is 0 Å². The number of nitrogens with zero attached hydrogens (tertiary/aromatic N) is 1. The molecule has 2 rings (SSSR count). The Labute approximate surface area is 117 Å². The van der Waals surface area contributed by atoms with Crippen molar-refractivity contribution in [2.75, 3.05) is 6.54 Å². The third-order valence-corrected chi connectivity index (χ3v) is 3.73. The predicted molar refractivity (Wildman–Crippen MR) is 78.5 cm³/mol. The van der Waals surface area contributed by atoms with Crippen LogP contribution in [0, 0.1) is 6.92 Å². The van der Waals surface area contributed by atoms with E-state index < -0.39 is 0 Å². The summed E-state index contributed by atoms with van der Waals surface area (Å²) in [5.41, 5.74) is 3.85. The fraction of sp³-hybridized carbons (Fsp3) is 0.267. The van der Waals surface area contributed by atoms with Gasteiger partial charge in [0, 0.05) is 23.4 Å². The zero-order chi connectivity index (χ0) is 12.8. The van der Waals surface area contributed by atoms with E-state index in [4.69, 9.17) is 0 Å². The van der Waals surface area contributed by atoms with Gasteiger partial charge in [-0.25, -0.2) is 0 Å².